The van der Waals surface area contributed by atoms with Crippen molar-refractivity contribution < 1.29 is 0 Å². The molecule has 0 aliphatic carbocycles. The van der Waals surface area contributed by atoms with Crippen LogP contribution in [-0.2, 0) is 0 Å². The SMILES string of the molecule is c1ccc(-c2cc(-c3ccccc3)nc(N3c4ccccc4-c4cc(-c5ccccc5)nc5cccc3c45)c2)cc1. The van der Waals surface area contributed by atoms with E-state index in [2.05, 4.69) is 144 Å². The van der Waals surface area contributed by atoms with Gasteiger partial charge in [0.25, 0.3) is 0 Å². The van der Waals surface area contributed by atoms with Crippen molar-refractivity contribution >= 4 is 28.1 Å². The van der Waals surface area contributed by atoms with Gasteiger partial charge in [-0.25, -0.2) is 9.97 Å². The summed E-state index contributed by atoms with van der Waals surface area (Å²) in [5.41, 5.74) is 11.9. The second-order valence-corrected chi connectivity index (χ2v) is 10.3. The van der Waals surface area contributed by atoms with Gasteiger partial charge in [-0.15, -0.1) is 0 Å². The van der Waals surface area contributed by atoms with Crippen molar-refractivity contribution in [3.8, 4) is 44.8 Å². The van der Waals surface area contributed by atoms with Gasteiger partial charge in [-0.05, 0) is 53.1 Å². The molecular weight excluding hydrogens is 498 g/mol. The summed E-state index contributed by atoms with van der Waals surface area (Å²) in [6, 6.07) is 53.0. The van der Waals surface area contributed by atoms with E-state index in [0.717, 1.165) is 61.7 Å². The molecule has 7 aromatic rings. The number of anilines is 3. The predicted molar refractivity (Wildman–Crippen MR) is 170 cm³/mol. The fraction of sp³-hybridized carbons (Fsp3) is 0. The van der Waals surface area contributed by atoms with Crippen molar-refractivity contribution in [2.45, 2.75) is 0 Å². The fourth-order valence-corrected chi connectivity index (χ4v) is 5.88. The van der Waals surface area contributed by atoms with E-state index in [1.165, 1.54) is 11.1 Å². The topological polar surface area (TPSA) is 29.0 Å². The molecule has 0 spiro atoms. The molecule has 3 heterocycles. The molecule has 0 bridgehead atoms. The Labute approximate surface area is 239 Å². The van der Waals surface area contributed by atoms with Gasteiger partial charge in [0, 0.05) is 22.1 Å². The van der Waals surface area contributed by atoms with Crippen molar-refractivity contribution in [2.24, 2.45) is 0 Å². The van der Waals surface area contributed by atoms with Crippen LogP contribution in [0.2, 0.25) is 0 Å². The summed E-state index contributed by atoms with van der Waals surface area (Å²) in [4.78, 5) is 12.7. The largest absolute Gasteiger partial charge is 0.294 e. The lowest BCUT2D eigenvalue weighted by atomic mass is 9.91. The normalized spacial score (nSPS) is 11.9. The molecule has 0 atom stereocenters. The molecule has 192 valence electrons. The van der Waals surface area contributed by atoms with E-state index >= 15 is 0 Å². The van der Waals surface area contributed by atoms with Crippen molar-refractivity contribution in [2.75, 3.05) is 4.90 Å². The lowest BCUT2D eigenvalue weighted by Crippen LogP contribution is -2.17. The lowest BCUT2D eigenvalue weighted by molar-refractivity contribution is 1.18. The number of para-hydroxylation sites is 1. The summed E-state index contributed by atoms with van der Waals surface area (Å²) in [7, 11) is 0. The summed E-state index contributed by atoms with van der Waals surface area (Å²) in [5.74, 6) is 0.878. The van der Waals surface area contributed by atoms with E-state index in [-0.39, 0.29) is 0 Å². The van der Waals surface area contributed by atoms with Gasteiger partial charge in [0.05, 0.1) is 28.3 Å². The molecule has 5 aromatic carbocycles. The first-order valence-electron chi connectivity index (χ1n) is 13.9. The van der Waals surface area contributed by atoms with Gasteiger partial charge < -0.3 is 0 Å². The van der Waals surface area contributed by atoms with E-state index in [0.29, 0.717) is 0 Å². The Kier molecular flexibility index (Phi) is 5.46. The Hall–Kier alpha value is -5.54. The van der Waals surface area contributed by atoms with Crippen LogP contribution in [0.5, 0.6) is 0 Å². The first kappa shape index (κ1) is 23.4. The van der Waals surface area contributed by atoms with Crippen LogP contribution in [0.15, 0.2) is 152 Å². The molecule has 3 heteroatoms. The minimum Gasteiger partial charge on any atom is -0.294 e. The lowest BCUT2D eigenvalue weighted by Gasteiger charge is -2.33. The quantitative estimate of drug-likeness (QED) is 0.230. The number of hydrogen-bond acceptors (Lipinski definition) is 3. The summed E-state index contributed by atoms with van der Waals surface area (Å²) < 4.78 is 0. The first-order chi connectivity index (χ1) is 20.3. The second kappa shape index (κ2) is 9.58. The van der Waals surface area contributed by atoms with Crippen LogP contribution in [0.1, 0.15) is 0 Å². The third-order valence-electron chi connectivity index (χ3n) is 7.77. The molecule has 0 saturated heterocycles. The van der Waals surface area contributed by atoms with Gasteiger partial charge in [0.2, 0.25) is 0 Å². The van der Waals surface area contributed by atoms with Crippen LogP contribution in [0.25, 0.3) is 55.7 Å². The van der Waals surface area contributed by atoms with Crippen molar-refractivity contribution in [1.82, 2.24) is 9.97 Å². The zero-order valence-electron chi connectivity index (χ0n) is 22.3. The van der Waals surface area contributed by atoms with E-state index < -0.39 is 0 Å². The molecule has 2 aromatic heterocycles. The molecule has 1 aliphatic rings. The average Bonchev–Trinajstić information content (AvgIpc) is 3.06. The van der Waals surface area contributed by atoms with E-state index in [1.807, 2.05) is 12.1 Å². The highest BCUT2D eigenvalue weighted by molar-refractivity contribution is 6.13. The zero-order valence-corrected chi connectivity index (χ0v) is 22.3. The Bertz CT molecular complexity index is 1980. The fourth-order valence-electron chi connectivity index (χ4n) is 5.88. The molecule has 3 nitrogen and oxygen atoms in total. The third-order valence-corrected chi connectivity index (χ3v) is 7.77. The van der Waals surface area contributed by atoms with Crippen molar-refractivity contribution in [3.63, 3.8) is 0 Å². The second-order valence-electron chi connectivity index (χ2n) is 10.3. The monoisotopic (exact) mass is 523 g/mol. The van der Waals surface area contributed by atoms with Crippen LogP contribution in [-0.4, -0.2) is 9.97 Å². The van der Waals surface area contributed by atoms with Crippen LogP contribution in [0.4, 0.5) is 17.2 Å². The number of fused-ring (bicyclic) bond motifs is 2. The van der Waals surface area contributed by atoms with E-state index in [9.17, 15) is 0 Å². The van der Waals surface area contributed by atoms with Crippen LogP contribution < -0.4 is 4.90 Å². The Morgan fingerprint density at radius 1 is 0.390 bits per heavy atom. The highest BCUT2D eigenvalue weighted by Crippen LogP contribution is 2.51. The molecule has 0 radical (unpaired) electrons. The Morgan fingerprint density at radius 3 is 1.68 bits per heavy atom. The molecule has 41 heavy (non-hydrogen) atoms. The molecule has 0 amide bonds. The number of rotatable bonds is 4. The Morgan fingerprint density at radius 2 is 0.976 bits per heavy atom. The molecule has 8 rings (SSSR count). The number of hydrogen-bond donors (Lipinski definition) is 0. The maximum absolute atomic E-state index is 5.28. The third kappa shape index (κ3) is 3.98. The summed E-state index contributed by atoms with van der Waals surface area (Å²) >= 11 is 0. The standard InChI is InChI=1S/C38H25N3/c1-4-13-26(14-5-1)29-23-33(27-15-6-2-7-16-27)40-37(24-29)41-35-21-11-10-19-30(35)31-25-34(28-17-8-3-9-18-28)39-32-20-12-22-36(41)38(31)32/h1-25H. The molecule has 0 fully saturated rings. The molecule has 0 unspecified atom stereocenters. The first-order valence-corrected chi connectivity index (χ1v) is 13.9. The van der Waals surface area contributed by atoms with Crippen molar-refractivity contribution in [1.29, 1.82) is 0 Å². The number of pyridine rings is 2. The molecule has 0 saturated carbocycles. The van der Waals surface area contributed by atoms with Gasteiger partial charge in [0.1, 0.15) is 5.82 Å². The van der Waals surface area contributed by atoms with Crippen LogP contribution in [0.3, 0.4) is 0 Å². The van der Waals surface area contributed by atoms with E-state index in [4.69, 9.17) is 9.97 Å². The zero-order chi connectivity index (χ0) is 27.2. The van der Waals surface area contributed by atoms with Crippen LogP contribution >= 0.6 is 0 Å². The Balaban J connectivity index is 1.41. The predicted octanol–water partition coefficient (Wildman–Crippen LogP) is 10.1. The maximum atomic E-state index is 5.28. The number of aromatic nitrogens is 2. The van der Waals surface area contributed by atoms with Gasteiger partial charge in [-0.2, -0.15) is 0 Å². The van der Waals surface area contributed by atoms with Crippen LogP contribution in [0, 0.1) is 0 Å². The summed E-state index contributed by atoms with van der Waals surface area (Å²) in [6.45, 7) is 0. The smallest absolute Gasteiger partial charge is 0.138 e. The molecule has 0 N–H and O–H groups in total. The maximum Gasteiger partial charge on any atom is 0.138 e. The van der Waals surface area contributed by atoms with Gasteiger partial charge in [-0.1, -0.05) is 115 Å². The summed E-state index contributed by atoms with van der Waals surface area (Å²) in [6.07, 6.45) is 0. The highest BCUT2D eigenvalue weighted by atomic mass is 15.2. The van der Waals surface area contributed by atoms with Gasteiger partial charge in [0.15, 0.2) is 0 Å². The number of nitrogens with zero attached hydrogens (tertiary/aromatic N) is 3. The van der Waals surface area contributed by atoms with Crippen molar-refractivity contribution in [3.05, 3.63) is 152 Å². The number of benzene rings is 5. The highest BCUT2D eigenvalue weighted by Gasteiger charge is 2.28. The summed E-state index contributed by atoms with van der Waals surface area (Å²) in [5, 5.41) is 1.14. The molecule has 1 aliphatic heterocycles. The molecular formula is C38H25N3. The minimum absolute atomic E-state index is 0.878. The van der Waals surface area contributed by atoms with E-state index in [1.54, 1.807) is 0 Å². The van der Waals surface area contributed by atoms with Gasteiger partial charge >= 0.3 is 0 Å². The minimum atomic E-state index is 0.878. The van der Waals surface area contributed by atoms with Gasteiger partial charge in [-0.3, -0.25) is 4.90 Å². The average molecular weight is 524 g/mol.